The van der Waals surface area contributed by atoms with Gasteiger partial charge in [0.1, 0.15) is 5.75 Å². The van der Waals surface area contributed by atoms with E-state index in [0.29, 0.717) is 16.3 Å². The van der Waals surface area contributed by atoms with Crippen molar-refractivity contribution in [2.45, 2.75) is 31.3 Å². The van der Waals surface area contributed by atoms with Crippen LogP contribution in [-0.2, 0) is 21.4 Å². The summed E-state index contributed by atoms with van der Waals surface area (Å²) in [5.74, 6) is 0.146. The van der Waals surface area contributed by atoms with Crippen LogP contribution in [0.1, 0.15) is 18.1 Å². The van der Waals surface area contributed by atoms with E-state index in [0.717, 1.165) is 5.56 Å². The number of sulfonamides is 1. The van der Waals surface area contributed by atoms with Gasteiger partial charge in [-0.3, -0.25) is 4.79 Å². The number of carbonyl (C=O) groups excluding carboxylic acids is 1. The van der Waals surface area contributed by atoms with Crippen molar-refractivity contribution in [1.82, 2.24) is 10.0 Å². The lowest BCUT2D eigenvalue weighted by Gasteiger charge is -2.15. The highest BCUT2D eigenvalue weighted by molar-refractivity contribution is 7.89. The van der Waals surface area contributed by atoms with Crippen LogP contribution >= 0.6 is 11.6 Å². The molecule has 2 N–H and O–H groups in total. The molecule has 0 aliphatic carbocycles. The van der Waals surface area contributed by atoms with E-state index < -0.39 is 22.0 Å². The van der Waals surface area contributed by atoms with Crippen LogP contribution in [0.15, 0.2) is 47.4 Å². The van der Waals surface area contributed by atoms with Crippen LogP contribution in [-0.4, -0.2) is 27.5 Å². The van der Waals surface area contributed by atoms with Crippen molar-refractivity contribution in [3.05, 3.63) is 58.6 Å². The first-order valence-corrected chi connectivity index (χ1v) is 9.79. The van der Waals surface area contributed by atoms with Gasteiger partial charge in [0.15, 0.2) is 0 Å². The van der Waals surface area contributed by atoms with Gasteiger partial charge >= 0.3 is 0 Å². The highest BCUT2D eigenvalue weighted by Crippen LogP contribution is 2.21. The van der Waals surface area contributed by atoms with Crippen molar-refractivity contribution in [3.63, 3.8) is 0 Å². The Kier molecular flexibility index (Phi) is 6.63. The van der Waals surface area contributed by atoms with Crippen molar-refractivity contribution in [3.8, 4) is 5.75 Å². The van der Waals surface area contributed by atoms with E-state index in [9.17, 15) is 13.2 Å². The van der Waals surface area contributed by atoms with Crippen LogP contribution in [0.5, 0.6) is 5.75 Å². The van der Waals surface area contributed by atoms with Gasteiger partial charge in [0.2, 0.25) is 15.9 Å². The van der Waals surface area contributed by atoms with Gasteiger partial charge in [0.25, 0.3) is 0 Å². The minimum atomic E-state index is -3.84. The highest BCUT2D eigenvalue weighted by Gasteiger charge is 2.22. The number of halogens is 1. The van der Waals surface area contributed by atoms with E-state index in [1.165, 1.54) is 26.2 Å². The zero-order chi connectivity index (χ0) is 19.3. The number of hydrogen-bond acceptors (Lipinski definition) is 4. The third-order valence-electron chi connectivity index (χ3n) is 3.81. The molecule has 0 fully saturated rings. The van der Waals surface area contributed by atoms with Crippen molar-refractivity contribution in [1.29, 1.82) is 0 Å². The average molecular weight is 397 g/mol. The molecule has 0 aromatic heterocycles. The molecule has 0 spiro atoms. The van der Waals surface area contributed by atoms with E-state index in [1.807, 2.05) is 6.07 Å². The third kappa shape index (κ3) is 4.97. The van der Waals surface area contributed by atoms with E-state index >= 15 is 0 Å². The molecule has 2 rings (SSSR count). The first-order valence-electron chi connectivity index (χ1n) is 7.92. The molecule has 0 saturated heterocycles. The maximum atomic E-state index is 12.5. The quantitative estimate of drug-likeness (QED) is 0.753. The number of ether oxygens (including phenoxy) is 1. The number of aryl methyl sites for hydroxylation is 1. The Morgan fingerprint density at radius 2 is 1.92 bits per heavy atom. The van der Waals surface area contributed by atoms with E-state index in [-0.39, 0.29) is 11.4 Å². The average Bonchev–Trinajstić information content (AvgIpc) is 2.60. The van der Waals surface area contributed by atoms with Crippen molar-refractivity contribution in [2.75, 3.05) is 7.11 Å². The van der Waals surface area contributed by atoms with Crippen LogP contribution < -0.4 is 14.8 Å². The molecule has 0 bridgehead atoms. The lowest BCUT2D eigenvalue weighted by atomic mass is 10.2. The lowest BCUT2D eigenvalue weighted by molar-refractivity contribution is -0.122. The highest BCUT2D eigenvalue weighted by atomic mass is 35.5. The van der Waals surface area contributed by atoms with Crippen LogP contribution in [0.4, 0.5) is 0 Å². The number of nitrogens with one attached hydrogen (secondary N) is 2. The number of hydrogen-bond donors (Lipinski definition) is 2. The Bertz CT molecular complexity index is 900. The van der Waals surface area contributed by atoms with Crippen molar-refractivity contribution < 1.29 is 17.9 Å². The van der Waals surface area contributed by atoms with Gasteiger partial charge in [-0.2, -0.15) is 4.72 Å². The molecule has 0 aliphatic heterocycles. The molecule has 26 heavy (non-hydrogen) atoms. The van der Waals surface area contributed by atoms with E-state index in [1.54, 1.807) is 31.2 Å². The molecule has 0 unspecified atom stereocenters. The van der Waals surface area contributed by atoms with Gasteiger partial charge in [0, 0.05) is 11.6 Å². The fourth-order valence-electron chi connectivity index (χ4n) is 2.35. The summed E-state index contributed by atoms with van der Waals surface area (Å²) < 4.78 is 32.4. The van der Waals surface area contributed by atoms with Crippen molar-refractivity contribution in [2.24, 2.45) is 0 Å². The number of carbonyl (C=O) groups is 1. The number of methoxy groups -OCH3 is 1. The maximum Gasteiger partial charge on any atom is 0.241 e. The molecule has 2 aromatic rings. The molecule has 0 radical (unpaired) electrons. The fraction of sp³-hybridized carbons (Fsp3) is 0.278. The van der Waals surface area contributed by atoms with Gasteiger partial charge in [-0.15, -0.1) is 0 Å². The second-order valence-electron chi connectivity index (χ2n) is 5.78. The van der Waals surface area contributed by atoms with Gasteiger partial charge in [0.05, 0.1) is 18.0 Å². The molecule has 8 heteroatoms. The Balaban J connectivity index is 2.03. The monoisotopic (exact) mass is 396 g/mol. The molecule has 1 amide bonds. The first kappa shape index (κ1) is 20.2. The normalized spacial score (nSPS) is 12.5. The predicted molar refractivity (Wildman–Crippen MR) is 101 cm³/mol. The summed E-state index contributed by atoms with van der Waals surface area (Å²) in [5, 5.41) is 3.21. The number of benzene rings is 2. The van der Waals surface area contributed by atoms with Gasteiger partial charge in [-0.05, 0) is 49.2 Å². The maximum absolute atomic E-state index is 12.5. The predicted octanol–water partition coefficient (Wildman–Crippen LogP) is 2.64. The van der Waals surface area contributed by atoms with Crippen LogP contribution in [0.2, 0.25) is 5.02 Å². The standard InChI is InChI=1S/C18H21ClN2O4S/c1-12-10-15(8-9-17(12)25-3)26(23,24)21-13(2)18(22)20-11-14-6-4-5-7-16(14)19/h4-10,13,21H,11H2,1-3H3,(H,20,22)/t13-/m0/s1. The summed E-state index contributed by atoms with van der Waals surface area (Å²) in [4.78, 5) is 12.3. The summed E-state index contributed by atoms with van der Waals surface area (Å²) in [7, 11) is -2.32. The van der Waals surface area contributed by atoms with Crippen molar-refractivity contribution >= 4 is 27.5 Å². The molecular weight excluding hydrogens is 376 g/mol. The molecule has 0 saturated carbocycles. The topological polar surface area (TPSA) is 84.5 Å². The zero-order valence-corrected chi connectivity index (χ0v) is 16.3. The molecule has 140 valence electrons. The Labute approximate surface area is 158 Å². The smallest absolute Gasteiger partial charge is 0.241 e. The SMILES string of the molecule is COc1ccc(S(=O)(=O)N[C@@H](C)C(=O)NCc2ccccc2Cl)cc1C. The summed E-state index contributed by atoms with van der Waals surface area (Å²) in [6, 6.07) is 10.7. The van der Waals surface area contributed by atoms with Gasteiger partial charge in [-0.25, -0.2) is 8.42 Å². The molecule has 0 aliphatic rings. The fourth-order valence-corrected chi connectivity index (χ4v) is 3.84. The minimum Gasteiger partial charge on any atom is -0.496 e. The van der Waals surface area contributed by atoms with Crippen LogP contribution in [0, 0.1) is 6.92 Å². The summed E-state index contributed by atoms with van der Waals surface area (Å²) in [6.45, 7) is 3.44. The summed E-state index contributed by atoms with van der Waals surface area (Å²) in [5.41, 5.74) is 1.44. The second-order valence-corrected chi connectivity index (χ2v) is 7.90. The zero-order valence-electron chi connectivity index (χ0n) is 14.7. The minimum absolute atomic E-state index is 0.0709. The first-order chi connectivity index (χ1) is 12.2. The Morgan fingerprint density at radius 3 is 2.54 bits per heavy atom. The van der Waals surface area contributed by atoms with E-state index in [4.69, 9.17) is 16.3 Å². The van der Waals surface area contributed by atoms with Gasteiger partial charge < -0.3 is 10.1 Å². The van der Waals surface area contributed by atoms with Gasteiger partial charge in [-0.1, -0.05) is 29.8 Å². The molecule has 2 aromatic carbocycles. The molecule has 0 heterocycles. The molecule has 1 atom stereocenters. The second kappa shape index (κ2) is 8.53. The third-order valence-corrected chi connectivity index (χ3v) is 5.72. The number of rotatable bonds is 7. The number of amides is 1. The molecule has 6 nitrogen and oxygen atoms in total. The van der Waals surface area contributed by atoms with E-state index in [2.05, 4.69) is 10.0 Å². The molecular formula is C18H21ClN2O4S. The van der Waals surface area contributed by atoms with Crippen LogP contribution in [0.25, 0.3) is 0 Å². The van der Waals surface area contributed by atoms with Crippen LogP contribution in [0.3, 0.4) is 0 Å². The summed E-state index contributed by atoms with van der Waals surface area (Å²) in [6.07, 6.45) is 0. The Hall–Kier alpha value is -2.09. The largest absolute Gasteiger partial charge is 0.496 e. The summed E-state index contributed by atoms with van der Waals surface area (Å²) >= 11 is 6.04. The lowest BCUT2D eigenvalue weighted by Crippen LogP contribution is -2.44. The Morgan fingerprint density at radius 1 is 1.23 bits per heavy atom.